The number of rotatable bonds is 10. The Kier molecular flexibility index (Phi) is 11.8. The molecule has 0 bridgehead atoms. The largest absolute Gasteiger partial charge is 0.466 e. The van der Waals surface area contributed by atoms with Crippen molar-refractivity contribution in [2.75, 3.05) is 38.5 Å². The molecule has 180 valence electrons. The maximum atomic E-state index is 12.2. The number of nitrogens with one attached hydrogen (secondary N) is 3. The van der Waals surface area contributed by atoms with E-state index in [4.69, 9.17) is 9.15 Å². The van der Waals surface area contributed by atoms with Gasteiger partial charge in [0.2, 0.25) is 10.0 Å². The highest BCUT2D eigenvalue weighted by atomic mass is 127. The Morgan fingerprint density at radius 3 is 2.65 bits per heavy atom. The van der Waals surface area contributed by atoms with Crippen LogP contribution in [0, 0.1) is 13.8 Å². The third-order valence-corrected chi connectivity index (χ3v) is 6.33. The molecule has 2 unspecified atom stereocenters. The van der Waals surface area contributed by atoms with Crippen molar-refractivity contribution in [1.29, 1.82) is 0 Å². The average Bonchev–Trinajstić information content (AvgIpc) is 3.04. The molecule has 0 aliphatic carbocycles. The van der Waals surface area contributed by atoms with Crippen molar-refractivity contribution in [3.05, 3.63) is 23.2 Å². The molecule has 0 saturated carbocycles. The summed E-state index contributed by atoms with van der Waals surface area (Å²) in [7, 11) is -3.42. The van der Waals surface area contributed by atoms with Gasteiger partial charge < -0.3 is 24.9 Å². The van der Waals surface area contributed by atoms with Crippen LogP contribution in [-0.4, -0.2) is 64.1 Å². The third kappa shape index (κ3) is 9.64. The summed E-state index contributed by atoms with van der Waals surface area (Å²) in [5.41, 5.74) is -0.506. The number of furan rings is 1. The van der Waals surface area contributed by atoms with E-state index in [0.717, 1.165) is 25.0 Å². The highest BCUT2D eigenvalue weighted by Crippen LogP contribution is 2.27. The Hall–Kier alpha value is -0.890. The zero-order valence-electron chi connectivity index (χ0n) is 18.9. The van der Waals surface area contributed by atoms with E-state index in [9.17, 15) is 13.5 Å². The molecule has 9 nitrogen and oxygen atoms in total. The number of sulfonamides is 1. The minimum absolute atomic E-state index is 0. The fourth-order valence-corrected chi connectivity index (χ4v) is 4.34. The second kappa shape index (κ2) is 13.0. The fraction of sp³-hybridized carbons (Fsp3) is 0.750. The summed E-state index contributed by atoms with van der Waals surface area (Å²) in [6, 6.07) is 1.81. The summed E-state index contributed by atoms with van der Waals surface area (Å²) in [4.78, 5) is 4.42. The van der Waals surface area contributed by atoms with Crippen LogP contribution < -0.4 is 15.4 Å². The first kappa shape index (κ1) is 28.1. The maximum absolute atomic E-state index is 12.2. The number of aliphatic imine (C=N–C) groups is 1. The first-order chi connectivity index (χ1) is 14.1. The van der Waals surface area contributed by atoms with Crippen LogP contribution >= 0.6 is 24.0 Å². The van der Waals surface area contributed by atoms with Crippen molar-refractivity contribution in [3.8, 4) is 0 Å². The molecule has 1 saturated heterocycles. The van der Waals surface area contributed by atoms with E-state index >= 15 is 0 Å². The Balaban J connectivity index is 0.00000480. The van der Waals surface area contributed by atoms with Gasteiger partial charge in [-0.1, -0.05) is 0 Å². The second-order valence-corrected chi connectivity index (χ2v) is 9.81. The van der Waals surface area contributed by atoms with Gasteiger partial charge in [0.15, 0.2) is 5.96 Å². The predicted octanol–water partition coefficient (Wildman–Crippen LogP) is 1.77. The van der Waals surface area contributed by atoms with Crippen LogP contribution in [0.5, 0.6) is 0 Å². The van der Waals surface area contributed by atoms with E-state index < -0.39 is 15.6 Å². The molecule has 1 aromatic heterocycles. The summed E-state index contributed by atoms with van der Waals surface area (Å²) in [5, 5.41) is 16.9. The van der Waals surface area contributed by atoms with Crippen molar-refractivity contribution in [1.82, 2.24) is 15.4 Å². The Morgan fingerprint density at radius 1 is 1.32 bits per heavy atom. The summed E-state index contributed by atoms with van der Waals surface area (Å²) in [6.07, 6.45) is 2.94. The molecule has 1 aliphatic rings. The molecule has 1 aliphatic heterocycles. The van der Waals surface area contributed by atoms with Crippen LogP contribution in [0.1, 0.15) is 50.2 Å². The predicted molar refractivity (Wildman–Crippen MR) is 133 cm³/mol. The lowest BCUT2D eigenvalue weighted by molar-refractivity contribution is 0.0200. The SMILES string of the molecule is CCNC(=NCC(C)(O)c1cc(C)oc1C)NCCS(=O)(=O)NCC1CCCCO1.I. The van der Waals surface area contributed by atoms with Gasteiger partial charge in [-0.2, -0.15) is 0 Å². The minimum Gasteiger partial charge on any atom is -0.466 e. The Morgan fingerprint density at radius 2 is 2.06 bits per heavy atom. The minimum atomic E-state index is -3.42. The van der Waals surface area contributed by atoms with Gasteiger partial charge in [-0.15, -0.1) is 24.0 Å². The summed E-state index contributed by atoms with van der Waals surface area (Å²) >= 11 is 0. The Bertz CT molecular complexity index is 804. The standard InChI is InChI=1S/C20H36N4O5S.HI/c1-5-21-19(23-14-20(4,25)18-12-15(2)29-16(18)3)22-9-11-30(26,27)24-13-17-8-6-7-10-28-17;/h12,17,24-25H,5-11,13-14H2,1-4H3,(H2,21,22,23);1H. The molecule has 11 heteroatoms. The molecule has 31 heavy (non-hydrogen) atoms. The molecular weight excluding hydrogens is 535 g/mol. The van der Waals surface area contributed by atoms with E-state index in [-0.39, 0.29) is 48.9 Å². The number of aryl methyl sites for hydroxylation is 2. The third-order valence-electron chi connectivity index (χ3n) is 4.98. The zero-order valence-corrected chi connectivity index (χ0v) is 22.0. The highest BCUT2D eigenvalue weighted by Gasteiger charge is 2.27. The molecule has 2 rings (SSSR count). The number of guanidine groups is 1. The van der Waals surface area contributed by atoms with Gasteiger partial charge >= 0.3 is 0 Å². The van der Waals surface area contributed by atoms with Crippen molar-refractivity contribution < 1.29 is 22.7 Å². The molecule has 1 aromatic rings. The van der Waals surface area contributed by atoms with Crippen molar-refractivity contribution >= 4 is 40.0 Å². The lowest BCUT2D eigenvalue weighted by atomic mass is 9.96. The monoisotopic (exact) mass is 572 g/mol. The van der Waals surface area contributed by atoms with Gasteiger partial charge in [-0.05, 0) is 53.0 Å². The van der Waals surface area contributed by atoms with Gasteiger partial charge in [-0.3, -0.25) is 0 Å². The van der Waals surface area contributed by atoms with Crippen LogP contribution in [0.2, 0.25) is 0 Å². The maximum Gasteiger partial charge on any atom is 0.213 e. The molecule has 2 heterocycles. The summed E-state index contributed by atoms with van der Waals surface area (Å²) < 4.78 is 38.1. The first-order valence-corrected chi connectivity index (χ1v) is 12.2. The van der Waals surface area contributed by atoms with Gasteiger partial charge in [0.1, 0.15) is 17.1 Å². The van der Waals surface area contributed by atoms with Crippen LogP contribution in [0.15, 0.2) is 15.5 Å². The summed E-state index contributed by atoms with van der Waals surface area (Å²) in [5.74, 6) is 1.75. The molecule has 0 spiro atoms. The van der Waals surface area contributed by atoms with Crippen molar-refractivity contribution in [2.24, 2.45) is 4.99 Å². The molecule has 2 atom stereocenters. The van der Waals surface area contributed by atoms with Crippen LogP contribution in [-0.2, 0) is 20.4 Å². The van der Waals surface area contributed by atoms with E-state index in [1.54, 1.807) is 19.9 Å². The van der Waals surface area contributed by atoms with Gasteiger partial charge in [-0.25, -0.2) is 18.1 Å². The number of hydrogen-bond donors (Lipinski definition) is 4. The van der Waals surface area contributed by atoms with Crippen LogP contribution in [0.4, 0.5) is 0 Å². The molecule has 1 fully saturated rings. The topological polar surface area (TPSA) is 125 Å². The number of aliphatic hydroxyl groups is 1. The average molecular weight is 573 g/mol. The smallest absolute Gasteiger partial charge is 0.213 e. The molecule has 0 amide bonds. The first-order valence-electron chi connectivity index (χ1n) is 10.5. The van der Waals surface area contributed by atoms with E-state index in [2.05, 4.69) is 20.3 Å². The Labute approximate surface area is 202 Å². The molecule has 0 aromatic carbocycles. The molecular formula is C20H37IN4O5S. The molecule has 0 radical (unpaired) electrons. The fourth-order valence-electron chi connectivity index (χ4n) is 3.39. The van der Waals surface area contributed by atoms with Gasteiger partial charge in [0.25, 0.3) is 0 Å². The normalized spacial score (nSPS) is 19.4. The number of halogens is 1. The number of nitrogens with zero attached hydrogens (tertiary/aromatic N) is 1. The van der Waals surface area contributed by atoms with Gasteiger partial charge in [0.05, 0.1) is 18.4 Å². The van der Waals surface area contributed by atoms with E-state index in [1.807, 2.05) is 13.8 Å². The summed E-state index contributed by atoms with van der Waals surface area (Å²) in [6.45, 7) is 9.14. The lowest BCUT2D eigenvalue weighted by Crippen LogP contribution is -2.43. The van der Waals surface area contributed by atoms with Crippen molar-refractivity contribution in [2.45, 2.75) is 58.7 Å². The number of hydrogen-bond acceptors (Lipinski definition) is 6. The zero-order chi connectivity index (χ0) is 22.2. The molecule has 4 N–H and O–H groups in total. The highest BCUT2D eigenvalue weighted by molar-refractivity contribution is 14.0. The quantitative estimate of drug-likeness (QED) is 0.191. The van der Waals surface area contributed by atoms with E-state index in [1.165, 1.54) is 0 Å². The lowest BCUT2D eigenvalue weighted by Gasteiger charge is -2.23. The van der Waals surface area contributed by atoms with Crippen LogP contribution in [0.25, 0.3) is 0 Å². The number of ether oxygens (including phenoxy) is 1. The van der Waals surface area contributed by atoms with Gasteiger partial charge in [0, 0.05) is 31.8 Å². The van der Waals surface area contributed by atoms with Crippen molar-refractivity contribution in [3.63, 3.8) is 0 Å². The van der Waals surface area contributed by atoms with E-state index in [0.29, 0.717) is 37.0 Å². The second-order valence-electron chi connectivity index (χ2n) is 7.88. The van der Waals surface area contributed by atoms with Crippen LogP contribution in [0.3, 0.4) is 0 Å².